The molecular formula is C13H18O3. The van der Waals surface area contributed by atoms with E-state index in [1.165, 1.54) is 12.7 Å². The van der Waals surface area contributed by atoms with Crippen LogP contribution in [0.25, 0.3) is 0 Å². The highest BCUT2D eigenvalue weighted by atomic mass is 16.5. The quantitative estimate of drug-likeness (QED) is 0.766. The third kappa shape index (κ3) is 3.35. The van der Waals surface area contributed by atoms with Crippen LogP contribution in [0.15, 0.2) is 12.1 Å². The molecule has 88 valence electrons. The number of rotatable bonds is 5. The predicted molar refractivity (Wildman–Crippen MR) is 63.0 cm³/mol. The number of ketones is 1. The number of hydrogen-bond donors (Lipinski definition) is 0. The maximum atomic E-state index is 11.2. The molecule has 0 atom stereocenters. The molecule has 0 aliphatic carbocycles. The molecule has 0 N–H and O–H groups in total. The van der Waals surface area contributed by atoms with Crippen LogP contribution >= 0.6 is 0 Å². The zero-order chi connectivity index (χ0) is 12.1. The fourth-order valence-corrected chi connectivity index (χ4v) is 1.51. The molecular weight excluding hydrogens is 204 g/mol. The first kappa shape index (κ1) is 12.7. The standard InChI is InChI=1S/C13H18O3/c1-9-5-10(2)11(3)13(6-9)16-8-12(14)7-15-4/h5-6H,7-8H2,1-4H3. The number of ether oxygens (including phenoxy) is 2. The SMILES string of the molecule is COCC(=O)COc1cc(C)cc(C)c1C. The van der Waals surface area contributed by atoms with Crippen LogP contribution in [0.3, 0.4) is 0 Å². The fraction of sp³-hybridized carbons (Fsp3) is 0.462. The van der Waals surface area contributed by atoms with Crippen LogP contribution in [0.5, 0.6) is 5.75 Å². The first-order valence-electron chi connectivity index (χ1n) is 5.26. The van der Waals surface area contributed by atoms with Gasteiger partial charge in [-0.25, -0.2) is 0 Å². The Labute approximate surface area is 96.4 Å². The van der Waals surface area contributed by atoms with E-state index < -0.39 is 0 Å². The highest BCUT2D eigenvalue weighted by molar-refractivity contribution is 5.81. The Balaban J connectivity index is 2.70. The van der Waals surface area contributed by atoms with Gasteiger partial charge in [-0.1, -0.05) is 6.07 Å². The van der Waals surface area contributed by atoms with Gasteiger partial charge in [0, 0.05) is 7.11 Å². The van der Waals surface area contributed by atoms with E-state index in [9.17, 15) is 4.79 Å². The number of methoxy groups -OCH3 is 1. The van der Waals surface area contributed by atoms with Crippen molar-refractivity contribution >= 4 is 5.78 Å². The van der Waals surface area contributed by atoms with Crippen molar-refractivity contribution in [1.82, 2.24) is 0 Å². The van der Waals surface area contributed by atoms with E-state index in [2.05, 4.69) is 6.07 Å². The summed E-state index contributed by atoms with van der Waals surface area (Å²) in [7, 11) is 1.50. The lowest BCUT2D eigenvalue weighted by Gasteiger charge is -2.11. The molecule has 0 spiro atoms. The molecule has 3 heteroatoms. The molecule has 0 aromatic heterocycles. The lowest BCUT2D eigenvalue weighted by Crippen LogP contribution is -2.16. The third-order valence-corrected chi connectivity index (χ3v) is 2.46. The van der Waals surface area contributed by atoms with E-state index in [1.54, 1.807) is 0 Å². The molecule has 0 unspecified atom stereocenters. The van der Waals surface area contributed by atoms with Gasteiger partial charge in [-0.2, -0.15) is 0 Å². The molecule has 0 heterocycles. The summed E-state index contributed by atoms with van der Waals surface area (Å²) in [6, 6.07) is 4.04. The van der Waals surface area contributed by atoms with Crippen molar-refractivity contribution in [1.29, 1.82) is 0 Å². The van der Waals surface area contributed by atoms with Crippen molar-refractivity contribution < 1.29 is 14.3 Å². The normalized spacial score (nSPS) is 10.2. The largest absolute Gasteiger partial charge is 0.485 e. The number of hydrogen-bond acceptors (Lipinski definition) is 3. The van der Waals surface area contributed by atoms with Gasteiger partial charge in [-0.15, -0.1) is 0 Å². The molecule has 0 radical (unpaired) electrons. The van der Waals surface area contributed by atoms with Crippen LogP contribution in [0.1, 0.15) is 16.7 Å². The van der Waals surface area contributed by atoms with E-state index in [1.807, 2.05) is 26.8 Å². The third-order valence-electron chi connectivity index (χ3n) is 2.46. The summed E-state index contributed by atoms with van der Waals surface area (Å²) in [5.74, 6) is 0.725. The Morgan fingerprint density at radius 3 is 2.50 bits per heavy atom. The van der Waals surface area contributed by atoms with E-state index >= 15 is 0 Å². The van der Waals surface area contributed by atoms with E-state index in [-0.39, 0.29) is 19.0 Å². The average Bonchev–Trinajstić information content (AvgIpc) is 2.21. The smallest absolute Gasteiger partial charge is 0.195 e. The Hall–Kier alpha value is -1.35. The first-order valence-corrected chi connectivity index (χ1v) is 5.26. The zero-order valence-electron chi connectivity index (χ0n) is 10.3. The molecule has 0 fully saturated rings. The summed E-state index contributed by atoms with van der Waals surface area (Å²) in [5, 5.41) is 0. The Bertz CT molecular complexity index is 383. The molecule has 1 rings (SSSR count). The van der Waals surface area contributed by atoms with E-state index in [4.69, 9.17) is 9.47 Å². The summed E-state index contributed by atoms with van der Waals surface area (Å²) in [5.41, 5.74) is 3.39. The highest BCUT2D eigenvalue weighted by Crippen LogP contribution is 2.23. The van der Waals surface area contributed by atoms with Crippen LogP contribution in [-0.4, -0.2) is 26.1 Å². The number of Topliss-reactive ketones (excluding diaryl/α,β-unsaturated/α-hetero) is 1. The Kier molecular flexibility index (Phi) is 4.50. The van der Waals surface area contributed by atoms with Crippen LogP contribution in [-0.2, 0) is 9.53 Å². The average molecular weight is 222 g/mol. The molecule has 0 saturated heterocycles. The maximum absolute atomic E-state index is 11.2. The second-order valence-electron chi connectivity index (χ2n) is 3.97. The molecule has 1 aromatic carbocycles. The van der Waals surface area contributed by atoms with Crippen LogP contribution in [0.4, 0.5) is 0 Å². The molecule has 0 bridgehead atoms. The van der Waals surface area contributed by atoms with Crippen LogP contribution < -0.4 is 4.74 Å². The van der Waals surface area contributed by atoms with Gasteiger partial charge in [0.15, 0.2) is 5.78 Å². The molecule has 3 nitrogen and oxygen atoms in total. The Morgan fingerprint density at radius 1 is 1.19 bits per heavy atom. The maximum Gasteiger partial charge on any atom is 0.195 e. The van der Waals surface area contributed by atoms with Gasteiger partial charge in [0.2, 0.25) is 0 Å². The van der Waals surface area contributed by atoms with Gasteiger partial charge in [0.05, 0.1) is 0 Å². The van der Waals surface area contributed by atoms with Crippen molar-refractivity contribution in [3.8, 4) is 5.75 Å². The first-order chi connectivity index (χ1) is 7.54. The van der Waals surface area contributed by atoms with Crippen molar-refractivity contribution in [3.63, 3.8) is 0 Å². The fourth-order valence-electron chi connectivity index (χ4n) is 1.51. The van der Waals surface area contributed by atoms with Gasteiger partial charge >= 0.3 is 0 Å². The minimum atomic E-state index is -0.0546. The second kappa shape index (κ2) is 5.66. The Morgan fingerprint density at radius 2 is 1.88 bits per heavy atom. The van der Waals surface area contributed by atoms with Gasteiger partial charge in [0.25, 0.3) is 0 Å². The molecule has 1 aromatic rings. The molecule has 0 aliphatic heterocycles. The summed E-state index contributed by atoms with van der Waals surface area (Å²) in [6.07, 6.45) is 0. The van der Waals surface area contributed by atoms with Crippen LogP contribution in [0.2, 0.25) is 0 Å². The van der Waals surface area contributed by atoms with Gasteiger partial charge in [0.1, 0.15) is 19.0 Å². The summed E-state index contributed by atoms with van der Waals surface area (Å²) in [6.45, 7) is 6.20. The van der Waals surface area contributed by atoms with Gasteiger partial charge in [-0.3, -0.25) is 4.79 Å². The number of benzene rings is 1. The lowest BCUT2D eigenvalue weighted by atomic mass is 10.1. The number of carbonyl (C=O) groups is 1. The molecule has 0 saturated carbocycles. The number of aryl methyl sites for hydroxylation is 2. The van der Waals surface area contributed by atoms with Gasteiger partial charge < -0.3 is 9.47 Å². The van der Waals surface area contributed by atoms with Gasteiger partial charge in [-0.05, 0) is 43.5 Å². The molecule has 0 aliphatic rings. The predicted octanol–water partition coefficient (Wildman–Crippen LogP) is 2.21. The van der Waals surface area contributed by atoms with Crippen molar-refractivity contribution in [2.75, 3.05) is 20.3 Å². The zero-order valence-corrected chi connectivity index (χ0v) is 10.3. The van der Waals surface area contributed by atoms with Crippen molar-refractivity contribution in [2.24, 2.45) is 0 Å². The van der Waals surface area contributed by atoms with Crippen molar-refractivity contribution in [2.45, 2.75) is 20.8 Å². The number of carbonyl (C=O) groups excluding carboxylic acids is 1. The minimum absolute atomic E-state index is 0.0546. The summed E-state index contributed by atoms with van der Waals surface area (Å²) < 4.78 is 10.2. The summed E-state index contributed by atoms with van der Waals surface area (Å²) in [4.78, 5) is 11.2. The van der Waals surface area contributed by atoms with E-state index in [0.717, 1.165) is 16.9 Å². The summed E-state index contributed by atoms with van der Waals surface area (Å²) >= 11 is 0. The minimum Gasteiger partial charge on any atom is -0.485 e. The topological polar surface area (TPSA) is 35.5 Å². The van der Waals surface area contributed by atoms with Crippen molar-refractivity contribution in [3.05, 3.63) is 28.8 Å². The molecule has 16 heavy (non-hydrogen) atoms. The van der Waals surface area contributed by atoms with Crippen LogP contribution in [0, 0.1) is 20.8 Å². The molecule has 0 amide bonds. The lowest BCUT2D eigenvalue weighted by molar-refractivity contribution is -0.124. The monoisotopic (exact) mass is 222 g/mol. The second-order valence-corrected chi connectivity index (χ2v) is 3.97. The highest BCUT2D eigenvalue weighted by Gasteiger charge is 2.06. The van der Waals surface area contributed by atoms with E-state index in [0.29, 0.717) is 0 Å².